The fraction of sp³-hybridized carbons (Fsp3) is 0.265. The highest BCUT2D eigenvalue weighted by atomic mass is 16.5. The van der Waals surface area contributed by atoms with E-state index in [9.17, 15) is 4.79 Å². The molecule has 0 aliphatic carbocycles. The van der Waals surface area contributed by atoms with Gasteiger partial charge < -0.3 is 14.6 Å². The standard InChI is InChI=1S/C34H37NO4/c1-26(20-21-39-32-15-9-10-28(22-32)23-34(36)37)35(24-27-16-18-31(38-2)19-17-27)25-33(29-11-5-3-6-12-29)30-13-7-4-8-14-30/h3-19,22,26,33H,20-21,23-25H2,1-2H3,(H,36,37)/t26-/m1/s1. The highest BCUT2D eigenvalue weighted by Crippen LogP contribution is 2.28. The first-order valence-electron chi connectivity index (χ1n) is 13.4. The summed E-state index contributed by atoms with van der Waals surface area (Å²) in [6.07, 6.45) is 0.819. The number of hydrogen-bond acceptors (Lipinski definition) is 4. The molecule has 0 unspecified atom stereocenters. The Kier molecular flexibility index (Phi) is 10.1. The zero-order valence-electron chi connectivity index (χ0n) is 22.7. The van der Waals surface area contributed by atoms with E-state index in [0.717, 1.165) is 30.8 Å². The monoisotopic (exact) mass is 523 g/mol. The van der Waals surface area contributed by atoms with Gasteiger partial charge in [-0.05, 0) is 59.9 Å². The number of ether oxygens (including phenoxy) is 2. The maximum Gasteiger partial charge on any atom is 0.307 e. The molecular weight excluding hydrogens is 486 g/mol. The Bertz CT molecular complexity index is 1250. The summed E-state index contributed by atoms with van der Waals surface area (Å²) in [5, 5.41) is 9.10. The quantitative estimate of drug-likeness (QED) is 0.197. The van der Waals surface area contributed by atoms with Gasteiger partial charge in [-0.2, -0.15) is 0 Å². The molecule has 4 rings (SSSR count). The molecule has 0 bridgehead atoms. The van der Waals surface area contributed by atoms with Crippen molar-refractivity contribution in [1.29, 1.82) is 0 Å². The van der Waals surface area contributed by atoms with Gasteiger partial charge in [0.1, 0.15) is 11.5 Å². The lowest BCUT2D eigenvalue weighted by Crippen LogP contribution is -2.37. The molecule has 0 aromatic heterocycles. The van der Waals surface area contributed by atoms with Crippen molar-refractivity contribution in [2.24, 2.45) is 0 Å². The Hall–Kier alpha value is -4.09. The zero-order chi connectivity index (χ0) is 27.5. The summed E-state index contributed by atoms with van der Waals surface area (Å²) >= 11 is 0. The lowest BCUT2D eigenvalue weighted by molar-refractivity contribution is -0.136. The molecule has 5 nitrogen and oxygen atoms in total. The second-order valence-corrected chi connectivity index (χ2v) is 9.86. The SMILES string of the molecule is COc1ccc(CN(CC(c2ccccc2)c2ccccc2)[C@H](C)CCOc2cccc(CC(=O)O)c2)cc1. The average Bonchev–Trinajstić information content (AvgIpc) is 2.96. The molecule has 1 N–H and O–H groups in total. The average molecular weight is 524 g/mol. The first-order valence-corrected chi connectivity index (χ1v) is 13.4. The van der Waals surface area contributed by atoms with Gasteiger partial charge in [0.2, 0.25) is 0 Å². The normalized spacial score (nSPS) is 11.9. The summed E-state index contributed by atoms with van der Waals surface area (Å²) in [7, 11) is 1.69. The molecule has 0 saturated heterocycles. The van der Waals surface area contributed by atoms with Gasteiger partial charge in [0.05, 0.1) is 20.1 Å². The van der Waals surface area contributed by atoms with Crippen LogP contribution in [0.25, 0.3) is 0 Å². The number of methoxy groups -OCH3 is 1. The predicted octanol–water partition coefficient (Wildman–Crippen LogP) is 6.81. The first-order chi connectivity index (χ1) is 19.0. The van der Waals surface area contributed by atoms with E-state index in [2.05, 4.69) is 84.6 Å². The van der Waals surface area contributed by atoms with Gasteiger partial charge in [-0.15, -0.1) is 0 Å². The van der Waals surface area contributed by atoms with Crippen LogP contribution in [0.15, 0.2) is 109 Å². The van der Waals surface area contributed by atoms with Crippen molar-refractivity contribution >= 4 is 5.97 Å². The lowest BCUT2D eigenvalue weighted by Gasteiger charge is -2.33. The summed E-state index contributed by atoms with van der Waals surface area (Å²) in [5.74, 6) is 0.931. The summed E-state index contributed by atoms with van der Waals surface area (Å²) < 4.78 is 11.4. The highest BCUT2D eigenvalue weighted by molar-refractivity contribution is 5.70. The molecule has 0 fully saturated rings. The molecule has 0 amide bonds. The van der Waals surface area contributed by atoms with Crippen LogP contribution in [0.5, 0.6) is 11.5 Å². The van der Waals surface area contributed by atoms with Gasteiger partial charge in [-0.25, -0.2) is 0 Å². The highest BCUT2D eigenvalue weighted by Gasteiger charge is 2.22. The lowest BCUT2D eigenvalue weighted by atomic mass is 9.90. The van der Waals surface area contributed by atoms with Crippen LogP contribution in [0.3, 0.4) is 0 Å². The Morgan fingerprint density at radius 1 is 0.795 bits per heavy atom. The Morgan fingerprint density at radius 3 is 2.03 bits per heavy atom. The number of benzene rings is 4. The van der Waals surface area contributed by atoms with Crippen LogP contribution in [0.4, 0.5) is 0 Å². The van der Waals surface area contributed by atoms with Crippen molar-refractivity contribution in [3.8, 4) is 11.5 Å². The Morgan fingerprint density at radius 2 is 1.44 bits per heavy atom. The minimum Gasteiger partial charge on any atom is -0.497 e. The largest absolute Gasteiger partial charge is 0.497 e. The summed E-state index contributed by atoms with van der Waals surface area (Å²) in [6.45, 7) is 4.45. The molecule has 0 aliphatic heterocycles. The third-order valence-electron chi connectivity index (χ3n) is 7.05. The third-order valence-corrected chi connectivity index (χ3v) is 7.05. The van der Waals surface area contributed by atoms with Crippen LogP contribution >= 0.6 is 0 Å². The van der Waals surface area contributed by atoms with E-state index in [1.54, 1.807) is 7.11 Å². The maximum absolute atomic E-state index is 11.1. The minimum absolute atomic E-state index is 0.0103. The van der Waals surface area contributed by atoms with E-state index < -0.39 is 5.97 Å². The Labute approximate surface area is 231 Å². The van der Waals surface area contributed by atoms with Crippen molar-refractivity contribution in [3.05, 3.63) is 131 Å². The van der Waals surface area contributed by atoms with E-state index in [1.807, 2.05) is 36.4 Å². The maximum atomic E-state index is 11.1. The van der Waals surface area contributed by atoms with Crippen LogP contribution < -0.4 is 9.47 Å². The first kappa shape index (κ1) is 27.9. The van der Waals surface area contributed by atoms with Crippen LogP contribution in [0.2, 0.25) is 0 Å². The molecule has 0 aliphatic rings. The fourth-order valence-electron chi connectivity index (χ4n) is 4.82. The summed E-state index contributed by atoms with van der Waals surface area (Å²) in [4.78, 5) is 13.6. The van der Waals surface area contributed by atoms with Crippen LogP contribution in [0.1, 0.15) is 41.5 Å². The molecule has 0 heterocycles. The molecular formula is C34H37NO4. The number of carbonyl (C=O) groups is 1. The van der Waals surface area contributed by atoms with E-state index in [-0.39, 0.29) is 18.4 Å². The third kappa shape index (κ3) is 8.45. The number of aliphatic carboxylic acids is 1. The van der Waals surface area contributed by atoms with Gasteiger partial charge >= 0.3 is 5.97 Å². The van der Waals surface area contributed by atoms with Gasteiger partial charge in [0, 0.05) is 25.0 Å². The van der Waals surface area contributed by atoms with E-state index in [4.69, 9.17) is 14.6 Å². The van der Waals surface area contributed by atoms with Crippen molar-refractivity contribution in [1.82, 2.24) is 4.90 Å². The molecule has 5 heteroatoms. The molecule has 1 atom stereocenters. The van der Waals surface area contributed by atoms with Gasteiger partial charge in [-0.1, -0.05) is 84.9 Å². The van der Waals surface area contributed by atoms with Crippen molar-refractivity contribution < 1.29 is 19.4 Å². The molecule has 39 heavy (non-hydrogen) atoms. The van der Waals surface area contributed by atoms with Gasteiger partial charge in [-0.3, -0.25) is 9.69 Å². The molecule has 4 aromatic carbocycles. The zero-order valence-corrected chi connectivity index (χ0v) is 22.7. The van der Waals surface area contributed by atoms with E-state index in [1.165, 1.54) is 16.7 Å². The van der Waals surface area contributed by atoms with Crippen LogP contribution in [-0.2, 0) is 17.8 Å². The van der Waals surface area contributed by atoms with Crippen molar-refractivity contribution in [2.75, 3.05) is 20.3 Å². The number of hydrogen-bond donors (Lipinski definition) is 1. The summed E-state index contributed by atoms with van der Waals surface area (Å²) in [5.41, 5.74) is 4.55. The second kappa shape index (κ2) is 14.2. The number of rotatable bonds is 14. The topological polar surface area (TPSA) is 59.0 Å². The van der Waals surface area contributed by atoms with Crippen molar-refractivity contribution in [3.63, 3.8) is 0 Å². The van der Waals surface area contributed by atoms with Crippen LogP contribution in [0, 0.1) is 0 Å². The number of carboxylic acid groups (broad SMARTS) is 1. The molecule has 202 valence electrons. The molecule has 0 radical (unpaired) electrons. The minimum atomic E-state index is -0.846. The van der Waals surface area contributed by atoms with Crippen LogP contribution in [-0.4, -0.2) is 42.3 Å². The van der Waals surface area contributed by atoms with E-state index in [0.29, 0.717) is 12.4 Å². The molecule has 4 aromatic rings. The number of nitrogens with zero attached hydrogens (tertiary/aromatic N) is 1. The second-order valence-electron chi connectivity index (χ2n) is 9.86. The van der Waals surface area contributed by atoms with Crippen molar-refractivity contribution in [2.45, 2.75) is 38.3 Å². The van der Waals surface area contributed by atoms with E-state index >= 15 is 0 Å². The fourth-order valence-corrected chi connectivity index (χ4v) is 4.82. The number of carboxylic acids is 1. The predicted molar refractivity (Wildman–Crippen MR) is 155 cm³/mol. The van der Waals surface area contributed by atoms with Gasteiger partial charge in [0.15, 0.2) is 0 Å². The molecule has 0 spiro atoms. The van der Waals surface area contributed by atoms with Gasteiger partial charge in [0.25, 0.3) is 0 Å². The smallest absolute Gasteiger partial charge is 0.307 e. The molecule has 0 saturated carbocycles. The Balaban J connectivity index is 1.51. The summed E-state index contributed by atoms with van der Waals surface area (Å²) in [6, 6.07) is 37.3.